The van der Waals surface area contributed by atoms with Gasteiger partial charge in [0.2, 0.25) is 0 Å². The standard InChI is InChI=1S/C7H10IN/c1-5-3-7(4-8)6(2)9-5/h3,9H,4H2,1-2H3. The molecule has 0 saturated heterocycles. The summed E-state index contributed by atoms with van der Waals surface area (Å²) in [5.74, 6) is 0. The Balaban J connectivity index is 3.01. The lowest BCUT2D eigenvalue weighted by Crippen LogP contribution is -1.75. The Morgan fingerprint density at radius 2 is 2.22 bits per heavy atom. The summed E-state index contributed by atoms with van der Waals surface area (Å²) in [5, 5.41) is 0. The molecule has 1 heterocycles. The van der Waals surface area contributed by atoms with Crippen LogP contribution in [-0.4, -0.2) is 4.98 Å². The molecule has 1 rings (SSSR count). The van der Waals surface area contributed by atoms with E-state index in [1.807, 2.05) is 0 Å². The maximum Gasteiger partial charge on any atom is 0.0264 e. The van der Waals surface area contributed by atoms with Crippen LogP contribution >= 0.6 is 22.6 Å². The fraction of sp³-hybridized carbons (Fsp3) is 0.429. The fourth-order valence-electron chi connectivity index (χ4n) is 0.921. The number of halogens is 1. The maximum absolute atomic E-state index is 3.25. The van der Waals surface area contributed by atoms with Gasteiger partial charge in [-0.1, -0.05) is 22.6 Å². The summed E-state index contributed by atoms with van der Waals surface area (Å²) >= 11 is 2.37. The monoisotopic (exact) mass is 235 g/mol. The molecule has 0 unspecified atom stereocenters. The van der Waals surface area contributed by atoms with Gasteiger partial charge in [-0.3, -0.25) is 0 Å². The van der Waals surface area contributed by atoms with Crippen LogP contribution in [0.3, 0.4) is 0 Å². The normalized spacial score (nSPS) is 10.1. The molecule has 0 fully saturated rings. The summed E-state index contributed by atoms with van der Waals surface area (Å²) in [6, 6.07) is 2.20. The minimum Gasteiger partial charge on any atom is -0.362 e. The average molecular weight is 235 g/mol. The number of hydrogen-bond donors (Lipinski definition) is 1. The second-order valence-corrected chi connectivity index (χ2v) is 3.00. The summed E-state index contributed by atoms with van der Waals surface area (Å²) in [7, 11) is 0. The first-order chi connectivity index (χ1) is 4.24. The molecular formula is C7H10IN. The van der Waals surface area contributed by atoms with Crippen molar-refractivity contribution in [1.29, 1.82) is 0 Å². The zero-order chi connectivity index (χ0) is 6.85. The highest BCUT2D eigenvalue weighted by atomic mass is 127. The molecule has 0 bridgehead atoms. The van der Waals surface area contributed by atoms with Gasteiger partial charge in [0, 0.05) is 15.8 Å². The highest BCUT2D eigenvalue weighted by Gasteiger charge is 1.97. The Bertz CT molecular complexity index is 203. The number of H-pyrrole nitrogens is 1. The Labute approximate surface area is 69.0 Å². The van der Waals surface area contributed by atoms with Crippen LogP contribution in [0.25, 0.3) is 0 Å². The van der Waals surface area contributed by atoms with Gasteiger partial charge in [0.25, 0.3) is 0 Å². The van der Waals surface area contributed by atoms with Gasteiger partial charge in [-0.15, -0.1) is 0 Å². The molecule has 0 aliphatic rings. The molecule has 0 aromatic carbocycles. The second-order valence-electron chi connectivity index (χ2n) is 2.24. The fourth-order valence-corrected chi connectivity index (χ4v) is 1.71. The third-order valence-corrected chi connectivity index (χ3v) is 2.22. The van der Waals surface area contributed by atoms with Gasteiger partial charge in [0.1, 0.15) is 0 Å². The number of nitrogens with one attached hydrogen (secondary N) is 1. The summed E-state index contributed by atoms with van der Waals surface area (Å²) in [5.41, 5.74) is 3.99. The molecule has 2 heteroatoms. The summed E-state index contributed by atoms with van der Waals surface area (Å²) in [6.45, 7) is 4.20. The van der Waals surface area contributed by atoms with E-state index in [1.165, 1.54) is 17.0 Å². The molecule has 0 aliphatic heterocycles. The zero-order valence-electron chi connectivity index (χ0n) is 5.66. The predicted molar refractivity (Wildman–Crippen MR) is 48.0 cm³/mol. The minimum atomic E-state index is 1.11. The van der Waals surface area contributed by atoms with Crippen molar-refractivity contribution < 1.29 is 0 Å². The smallest absolute Gasteiger partial charge is 0.0264 e. The van der Waals surface area contributed by atoms with E-state index in [2.05, 4.69) is 47.5 Å². The summed E-state index contributed by atoms with van der Waals surface area (Å²) < 4.78 is 1.11. The zero-order valence-corrected chi connectivity index (χ0v) is 7.82. The van der Waals surface area contributed by atoms with E-state index < -0.39 is 0 Å². The molecule has 1 aromatic heterocycles. The Kier molecular flexibility index (Phi) is 2.16. The summed E-state index contributed by atoms with van der Waals surface area (Å²) in [6.07, 6.45) is 0. The summed E-state index contributed by atoms with van der Waals surface area (Å²) in [4.78, 5) is 3.25. The van der Waals surface area contributed by atoms with Crippen LogP contribution in [0.1, 0.15) is 17.0 Å². The Morgan fingerprint density at radius 1 is 1.56 bits per heavy atom. The third-order valence-electron chi connectivity index (χ3n) is 1.40. The Hall–Kier alpha value is 0.01000. The van der Waals surface area contributed by atoms with Crippen molar-refractivity contribution >= 4 is 22.6 Å². The SMILES string of the molecule is Cc1cc(CI)c(C)[nH]1. The number of hydrogen-bond acceptors (Lipinski definition) is 0. The molecule has 9 heavy (non-hydrogen) atoms. The van der Waals surface area contributed by atoms with Gasteiger partial charge in [0.05, 0.1) is 0 Å². The minimum absolute atomic E-state index is 1.11. The molecule has 0 spiro atoms. The molecule has 0 atom stereocenters. The van der Waals surface area contributed by atoms with E-state index in [4.69, 9.17) is 0 Å². The second kappa shape index (κ2) is 2.73. The van der Waals surface area contributed by atoms with Crippen molar-refractivity contribution in [2.24, 2.45) is 0 Å². The topological polar surface area (TPSA) is 15.8 Å². The van der Waals surface area contributed by atoms with Crippen molar-refractivity contribution in [2.75, 3.05) is 0 Å². The molecule has 0 saturated carbocycles. The number of rotatable bonds is 1. The van der Waals surface area contributed by atoms with Crippen molar-refractivity contribution in [3.63, 3.8) is 0 Å². The first-order valence-corrected chi connectivity index (χ1v) is 4.47. The highest BCUT2D eigenvalue weighted by molar-refractivity contribution is 14.1. The van der Waals surface area contributed by atoms with Crippen LogP contribution in [0.2, 0.25) is 0 Å². The van der Waals surface area contributed by atoms with Gasteiger partial charge >= 0.3 is 0 Å². The van der Waals surface area contributed by atoms with Crippen molar-refractivity contribution in [3.8, 4) is 0 Å². The van der Waals surface area contributed by atoms with E-state index in [0.29, 0.717) is 0 Å². The number of alkyl halides is 1. The number of aryl methyl sites for hydroxylation is 2. The van der Waals surface area contributed by atoms with Gasteiger partial charge in [-0.05, 0) is 25.5 Å². The van der Waals surface area contributed by atoms with Crippen molar-refractivity contribution in [1.82, 2.24) is 4.98 Å². The lowest BCUT2D eigenvalue weighted by Gasteiger charge is -1.87. The van der Waals surface area contributed by atoms with Crippen LogP contribution < -0.4 is 0 Å². The third kappa shape index (κ3) is 1.47. The van der Waals surface area contributed by atoms with E-state index in [9.17, 15) is 0 Å². The van der Waals surface area contributed by atoms with E-state index >= 15 is 0 Å². The lowest BCUT2D eigenvalue weighted by molar-refractivity contribution is 1.17. The maximum atomic E-state index is 3.25. The first kappa shape index (κ1) is 7.12. The number of aromatic amines is 1. The van der Waals surface area contributed by atoms with Gasteiger partial charge in [-0.2, -0.15) is 0 Å². The van der Waals surface area contributed by atoms with Crippen molar-refractivity contribution in [3.05, 3.63) is 23.0 Å². The molecule has 1 nitrogen and oxygen atoms in total. The molecular weight excluding hydrogens is 225 g/mol. The van der Waals surface area contributed by atoms with Crippen LogP contribution in [-0.2, 0) is 4.43 Å². The van der Waals surface area contributed by atoms with Crippen LogP contribution in [0.4, 0.5) is 0 Å². The molecule has 1 aromatic rings. The first-order valence-electron chi connectivity index (χ1n) is 2.95. The highest BCUT2D eigenvalue weighted by Crippen LogP contribution is 2.12. The molecule has 0 aliphatic carbocycles. The molecule has 50 valence electrons. The van der Waals surface area contributed by atoms with Gasteiger partial charge < -0.3 is 4.98 Å². The van der Waals surface area contributed by atoms with Gasteiger partial charge in [0.15, 0.2) is 0 Å². The Morgan fingerprint density at radius 3 is 2.44 bits per heavy atom. The van der Waals surface area contributed by atoms with E-state index in [1.54, 1.807) is 0 Å². The van der Waals surface area contributed by atoms with Gasteiger partial charge in [-0.25, -0.2) is 0 Å². The molecule has 0 amide bonds. The van der Waals surface area contributed by atoms with E-state index in [-0.39, 0.29) is 0 Å². The van der Waals surface area contributed by atoms with E-state index in [0.717, 1.165) is 4.43 Å². The lowest BCUT2D eigenvalue weighted by atomic mass is 10.3. The molecule has 0 radical (unpaired) electrons. The predicted octanol–water partition coefficient (Wildman–Crippen LogP) is 2.57. The van der Waals surface area contributed by atoms with Crippen LogP contribution in [0, 0.1) is 13.8 Å². The largest absolute Gasteiger partial charge is 0.362 e. The molecule has 1 N–H and O–H groups in total. The average Bonchev–Trinajstić information content (AvgIpc) is 2.10. The van der Waals surface area contributed by atoms with Crippen molar-refractivity contribution in [2.45, 2.75) is 18.3 Å². The quantitative estimate of drug-likeness (QED) is 0.568. The van der Waals surface area contributed by atoms with Crippen LogP contribution in [0.15, 0.2) is 6.07 Å². The van der Waals surface area contributed by atoms with Crippen LogP contribution in [0.5, 0.6) is 0 Å². The number of aromatic nitrogens is 1.